The molecule has 182 valence electrons. The van der Waals surface area contributed by atoms with Crippen molar-refractivity contribution in [3.05, 3.63) is 59.0 Å². The largest absolute Gasteiger partial charge is 0.346 e. The second kappa shape index (κ2) is 11.4. The number of nitriles is 1. The molecule has 0 spiro atoms. The third-order valence-electron chi connectivity index (χ3n) is 5.72. The Kier molecular flexibility index (Phi) is 8.02. The van der Waals surface area contributed by atoms with Gasteiger partial charge in [0.25, 0.3) is 5.91 Å². The first-order valence-electron chi connectivity index (χ1n) is 11.7. The first kappa shape index (κ1) is 24.7. The van der Waals surface area contributed by atoms with Crippen LogP contribution in [-0.4, -0.2) is 70.5 Å². The van der Waals surface area contributed by atoms with Gasteiger partial charge in [-0.3, -0.25) is 10.2 Å². The number of aromatic nitrogens is 3. The summed E-state index contributed by atoms with van der Waals surface area (Å²) in [5, 5.41) is 14.0. The SMILES string of the molecule is CC(C)CN(Cc1ccnc(C#N)n1)NC(=O)c1ccc(-c2csc(N3CCN(C)CC3)n2)cc1. The van der Waals surface area contributed by atoms with Crippen LogP contribution in [0.5, 0.6) is 0 Å². The van der Waals surface area contributed by atoms with Gasteiger partial charge in [-0.2, -0.15) is 5.26 Å². The summed E-state index contributed by atoms with van der Waals surface area (Å²) in [6.07, 6.45) is 1.56. The number of hydrogen-bond donors (Lipinski definition) is 1. The van der Waals surface area contributed by atoms with Crippen LogP contribution in [-0.2, 0) is 6.54 Å². The van der Waals surface area contributed by atoms with Crippen molar-refractivity contribution in [1.29, 1.82) is 5.26 Å². The number of piperazine rings is 1. The Bertz CT molecular complexity index is 1180. The van der Waals surface area contributed by atoms with E-state index in [-0.39, 0.29) is 11.7 Å². The van der Waals surface area contributed by atoms with Crippen molar-refractivity contribution in [1.82, 2.24) is 30.3 Å². The van der Waals surface area contributed by atoms with Gasteiger partial charge in [0.05, 0.1) is 17.9 Å². The molecule has 0 bridgehead atoms. The van der Waals surface area contributed by atoms with Gasteiger partial charge in [-0.1, -0.05) is 26.0 Å². The maximum absolute atomic E-state index is 13.0. The molecule has 1 amide bonds. The molecule has 0 saturated carbocycles. The number of nitrogens with zero attached hydrogens (tertiary/aromatic N) is 7. The standard InChI is InChI=1S/C25H30N8OS/c1-18(2)15-33(16-21-8-9-27-23(14-26)28-21)30-24(34)20-6-4-19(5-7-20)22-17-35-25(29-22)32-12-10-31(3)11-13-32/h4-9,17-18H,10-13,15-16H2,1-3H3,(H,30,34). The van der Waals surface area contributed by atoms with E-state index < -0.39 is 0 Å². The van der Waals surface area contributed by atoms with E-state index in [2.05, 4.69) is 51.5 Å². The highest BCUT2D eigenvalue weighted by atomic mass is 32.1. The number of likely N-dealkylation sites (N-methyl/N-ethyl adjacent to an activating group) is 1. The second-order valence-electron chi connectivity index (χ2n) is 9.08. The molecule has 4 rings (SSSR count). The molecule has 1 N–H and O–H groups in total. The Morgan fingerprint density at radius 2 is 1.91 bits per heavy atom. The lowest BCUT2D eigenvalue weighted by Gasteiger charge is -2.32. The number of carbonyl (C=O) groups is 1. The van der Waals surface area contributed by atoms with Gasteiger partial charge in [0.2, 0.25) is 5.82 Å². The number of carbonyl (C=O) groups excluding carboxylic acids is 1. The van der Waals surface area contributed by atoms with E-state index in [0.29, 0.717) is 30.3 Å². The maximum atomic E-state index is 13.0. The molecule has 2 aromatic heterocycles. The van der Waals surface area contributed by atoms with E-state index in [0.717, 1.165) is 42.6 Å². The molecule has 1 aromatic carbocycles. The van der Waals surface area contributed by atoms with Crippen LogP contribution >= 0.6 is 11.3 Å². The van der Waals surface area contributed by atoms with E-state index in [4.69, 9.17) is 10.2 Å². The molecule has 9 nitrogen and oxygen atoms in total. The van der Waals surface area contributed by atoms with E-state index in [1.807, 2.05) is 35.3 Å². The first-order chi connectivity index (χ1) is 16.9. The number of amides is 1. The molecule has 3 heterocycles. The molecular weight excluding hydrogens is 460 g/mol. The molecule has 1 fully saturated rings. The van der Waals surface area contributed by atoms with E-state index in [9.17, 15) is 4.79 Å². The zero-order valence-corrected chi connectivity index (χ0v) is 21.1. The second-order valence-corrected chi connectivity index (χ2v) is 9.92. The highest BCUT2D eigenvalue weighted by Gasteiger charge is 2.18. The molecular formula is C25H30N8OS. The van der Waals surface area contributed by atoms with Crippen molar-refractivity contribution in [2.24, 2.45) is 5.92 Å². The van der Waals surface area contributed by atoms with Gasteiger partial charge >= 0.3 is 0 Å². The van der Waals surface area contributed by atoms with Crippen molar-refractivity contribution < 1.29 is 4.79 Å². The number of hydrogen-bond acceptors (Lipinski definition) is 9. The molecule has 0 unspecified atom stereocenters. The third-order valence-corrected chi connectivity index (χ3v) is 6.62. The Balaban J connectivity index is 1.41. The topological polar surface area (TPSA) is 101 Å². The molecule has 0 aliphatic carbocycles. The normalized spacial score (nSPS) is 14.3. The molecule has 3 aromatic rings. The van der Waals surface area contributed by atoms with Crippen LogP contribution in [0.25, 0.3) is 11.3 Å². The molecule has 1 saturated heterocycles. The molecule has 1 aliphatic heterocycles. The fourth-order valence-electron chi connectivity index (χ4n) is 3.86. The lowest BCUT2D eigenvalue weighted by Crippen LogP contribution is -2.44. The van der Waals surface area contributed by atoms with Gasteiger partial charge in [0.1, 0.15) is 6.07 Å². The third kappa shape index (κ3) is 6.60. The van der Waals surface area contributed by atoms with Gasteiger partial charge < -0.3 is 9.80 Å². The minimum absolute atomic E-state index is 0.117. The van der Waals surface area contributed by atoms with Crippen molar-refractivity contribution >= 4 is 22.4 Å². The van der Waals surface area contributed by atoms with Crippen LogP contribution in [0.3, 0.4) is 0 Å². The first-order valence-corrected chi connectivity index (χ1v) is 12.6. The minimum Gasteiger partial charge on any atom is -0.346 e. The lowest BCUT2D eigenvalue weighted by molar-refractivity contribution is 0.0747. The summed E-state index contributed by atoms with van der Waals surface area (Å²) in [6, 6.07) is 11.2. The predicted molar refractivity (Wildman–Crippen MR) is 137 cm³/mol. The Hall–Kier alpha value is -3.39. The van der Waals surface area contributed by atoms with Crippen LogP contribution in [0.15, 0.2) is 41.9 Å². The van der Waals surface area contributed by atoms with Gasteiger partial charge in [0, 0.05) is 55.4 Å². The Morgan fingerprint density at radius 1 is 1.17 bits per heavy atom. The van der Waals surface area contributed by atoms with E-state index >= 15 is 0 Å². The van der Waals surface area contributed by atoms with Crippen LogP contribution in [0, 0.1) is 17.2 Å². The van der Waals surface area contributed by atoms with Crippen LogP contribution < -0.4 is 10.3 Å². The van der Waals surface area contributed by atoms with Crippen LogP contribution in [0.4, 0.5) is 5.13 Å². The Morgan fingerprint density at radius 3 is 2.60 bits per heavy atom. The van der Waals surface area contributed by atoms with Crippen molar-refractivity contribution in [3.8, 4) is 17.3 Å². The van der Waals surface area contributed by atoms with Gasteiger partial charge in [-0.25, -0.2) is 20.0 Å². The average Bonchev–Trinajstić information content (AvgIpc) is 3.34. The molecule has 35 heavy (non-hydrogen) atoms. The summed E-state index contributed by atoms with van der Waals surface area (Å²) in [4.78, 5) is 30.6. The number of benzene rings is 1. The lowest BCUT2D eigenvalue weighted by atomic mass is 10.1. The quantitative estimate of drug-likeness (QED) is 0.481. The summed E-state index contributed by atoms with van der Waals surface area (Å²) in [5.41, 5.74) is 6.14. The number of nitrogens with one attached hydrogen (secondary N) is 1. The summed E-state index contributed by atoms with van der Waals surface area (Å²) in [6.45, 7) is 9.26. The average molecular weight is 491 g/mol. The van der Waals surface area contributed by atoms with E-state index in [1.165, 1.54) is 0 Å². The molecule has 10 heteroatoms. The summed E-state index contributed by atoms with van der Waals surface area (Å²) < 4.78 is 0. The van der Waals surface area contributed by atoms with Gasteiger partial charge in [-0.15, -0.1) is 11.3 Å². The van der Waals surface area contributed by atoms with Crippen molar-refractivity contribution in [2.75, 3.05) is 44.7 Å². The highest BCUT2D eigenvalue weighted by molar-refractivity contribution is 7.14. The number of thiazole rings is 1. The fourth-order valence-corrected chi connectivity index (χ4v) is 4.75. The van der Waals surface area contributed by atoms with Crippen molar-refractivity contribution in [2.45, 2.75) is 20.4 Å². The Labute approximate surface area is 210 Å². The fraction of sp³-hybridized carbons (Fsp3) is 0.400. The zero-order valence-electron chi connectivity index (χ0n) is 20.3. The number of anilines is 1. The molecule has 0 atom stereocenters. The maximum Gasteiger partial charge on any atom is 0.265 e. The summed E-state index contributed by atoms with van der Waals surface area (Å²) in [5.74, 6) is 0.254. The van der Waals surface area contributed by atoms with Crippen LogP contribution in [0.2, 0.25) is 0 Å². The predicted octanol–water partition coefficient (Wildman–Crippen LogP) is 3.03. The zero-order chi connectivity index (χ0) is 24.8. The monoisotopic (exact) mass is 490 g/mol. The number of hydrazine groups is 1. The number of rotatable bonds is 8. The smallest absolute Gasteiger partial charge is 0.265 e. The molecule has 0 radical (unpaired) electrons. The summed E-state index contributed by atoms with van der Waals surface area (Å²) in [7, 11) is 2.14. The summed E-state index contributed by atoms with van der Waals surface area (Å²) >= 11 is 1.66. The van der Waals surface area contributed by atoms with Crippen LogP contribution in [0.1, 0.15) is 35.7 Å². The van der Waals surface area contributed by atoms with E-state index in [1.54, 1.807) is 23.6 Å². The van der Waals surface area contributed by atoms with Gasteiger partial charge in [-0.05, 0) is 31.2 Å². The van der Waals surface area contributed by atoms with Crippen molar-refractivity contribution in [3.63, 3.8) is 0 Å². The highest BCUT2D eigenvalue weighted by Crippen LogP contribution is 2.28. The minimum atomic E-state index is -0.192. The molecule has 1 aliphatic rings. The van der Waals surface area contributed by atoms with Gasteiger partial charge in [0.15, 0.2) is 5.13 Å².